The van der Waals surface area contributed by atoms with Crippen LogP contribution < -0.4 is 9.46 Å². The predicted octanol–water partition coefficient (Wildman–Crippen LogP) is 1.10. The van der Waals surface area contributed by atoms with Gasteiger partial charge in [-0.1, -0.05) is 6.07 Å². The average molecular weight is 255 g/mol. The maximum Gasteiger partial charge on any atom is 0.208 e. The third kappa shape index (κ3) is 3.20. The lowest BCUT2D eigenvalue weighted by atomic mass is 9.89. The van der Waals surface area contributed by atoms with Gasteiger partial charge in [-0.05, 0) is 42.5 Å². The van der Waals surface area contributed by atoms with Gasteiger partial charge >= 0.3 is 0 Å². The maximum absolute atomic E-state index is 11.2. The number of benzene rings is 1. The van der Waals surface area contributed by atoms with Gasteiger partial charge in [0, 0.05) is 6.04 Å². The normalized spacial score (nSPS) is 19.8. The molecule has 1 aromatic rings. The fraction of sp³-hybridized carbons (Fsp3) is 0.500. The molecule has 1 unspecified atom stereocenters. The minimum Gasteiger partial charge on any atom is -0.497 e. The van der Waals surface area contributed by atoms with Crippen molar-refractivity contribution in [2.24, 2.45) is 0 Å². The van der Waals surface area contributed by atoms with Crippen molar-refractivity contribution in [1.29, 1.82) is 0 Å². The number of methoxy groups -OCH3 is 1. The van der Waals surface area contributed by atoms with Crippen LogP contribution in [-0.2, 0) is 22.9 Å². The van der Waals surface area contributed by atoms with Crippen molar-refractivity contribution in [1.82, 2.24) is 4.72 Å². The molecular weight excluding hydrogens is 238 g/mol. The second-order valence-electron chi connectivity index (χ2n) is 4.46. The Balaban J connectivity index is 2.14. The summed E-state index contributed by atoms with van der Waals surface area (Å²) >= 11 is 0. The van der Waals surface area contributed by atoms with Crippen LogP contribution in [0.1, 0.15) is 17.5 Å². The third-order valence-electron chi connectivity index (χ3n) is 3.02. The fourth-order valence-electron chi connectivity index (χ4n) is 2.26. The number of sulfonamides is 1. The molecule has 4 nitrogen and oxygen atoms in total. The Bertz CT molecular complexity index is 510. The number of aryl methyl sites for hydroxylation is 1. The number of rotatable bonds is 3. The lowest BCUT2D eigenvalue weighted by Crippen LogP contribution is -2.38. The highest BCUT2D eigenvalue weighted by Crippen LogP contribution is 2.25. The van der Waals surface area contributed by atoms with E-state index in [2.05, 4.69) is 4.72 Å². The molecule has 0 heterocycles. The fourth-order valence-corrected chi connectivity index (χ4v) is 3.07. The number of hydrogen-bond acceptors (Lipinski definition) is 3. The summed E-state index contributed by atoms with van der Waals surface area (Å²) in [5.41, 5.74) is 2.47. The van der Waals surface area contributed by atoms with Crippen molar-refractivity contribution in [3.8, 4) is 5.75 Å². The molecule has 1 aliphatic rings. The minimum atomic E-state index is -3.11. The summed E-state index contributed by atoms with van der Waals surface area (Å²) in [6.45, 7) is 0. The Morgan fingerprint density at radius 1 is 1.35 bits per heavy atom. The van der Waals surface area contributed by atoms with Gasteiger partial charge in [-0.15, -0.1) is 0 Å². The summed E-state index contributed by atoms with van der Waals surface area (Å²) in [6, 6.07) is 5.99. The van der Waals surface area contributed by atoms with Crippen molar-refractivity contribution < 1.29 is 13.2 Å². The maximum atomic E-state index is 11.2. The number of hydrogen-bond donors (Lipinski definition) is 1. The van der Waals surface area contributed by atoms with Crippen molar-refractivity contribution in [3.05, 3.63) is 29.3 Å². The predicted molar refractivity (Wildman–Crippen MR) is 66.8 cm³/mol. The molecule has 94 valence electrons. The SMILES string of the molecule is COc1ccc2c(c1)CCC(NS(C)(=O)=O)C2. The molecule has 0 bridgehead atoms. The molecule has 0 saturated carbocycles. The molecule has 17 heavy (non-hydrogen) atoms. The summed E-state index contributed by atoms with van der Waals surface area (Å²) in [6.07, 6.45) is 3.69. The summed E-state index contributed by atoms with van der Waals surface area (Å²) in [5.74, 6) is 0.860. The van der Waals surface area contributed by atoms with Gasteiger partial charge in [-0.3, -0.25) is 0 Å². The van der Waals surface area contributed by atoms with Crippen LogP contribution in [0.2, 0.25) is 0 Å². The number of ether oxygens (including phenoxy) is 1. The van der Waals surface area contributed by atoms with Crippen LogP contribution >= 0.6 is 0 Å². The molecule has 0 amide bonds. The largest absolute Gasteiger partial charge is 0.497 e. The van der Waals surface area contributed by atoms with Gasteiger partial charge < -0.3 is 4.74 Å². The van der Waals surface area contributed by atoms with E-state index in [9.17, 15) is 8.42 Å². The van der Waals surface area contributed by atoms with Crippen LogP contribution in [0.4, 0.5) is 0 Å². The van der Waals surface area contributed by atoms with Crippen LogP contribution in [0.15, 0.2) is 18.2 Å². The number of fused-ring (bicyclic) bond motifs is 1. The Kier molecular flexibility index (Phi) is 3.40. The van der Waals surface area contributed by atoms with Crippen LogP contribution in [0.5, 0.6) is 5.75 Å². The van der Waals surface area contributed by atoms with E-state index < -0.39 is 10.0 Å². The first-order valence-electron chi connectivity index (χ1n) is 5.61. The zero-order valence-corrected chi connectivity index (χ0v) is 10.9. The van der Waals surface area contributed by atoms with Crippen molar-refractivity contribution in [2.45, 2.75) is 25.3 Å². The Morgan fingerprint density at radius 3 is 2.76 bits per heavy atom. The Morgan fingerprint density at radius 2 is 2.12 bits per heavy atom. The molecular formula is C12H17NO3S. The first kappa shape index (κ1) is 12.4. The molecule has 0 aliphatic heterocycles. The van der Waals surface area contributed by atoms with Crippen LogP contribution in [0.3, 0.4) is 0 Å². The molecule has 1 aromatic carbocycles. The van der Waals surface area contributed by atoms with Crippen LogP contribution in [-0.4, -0.2) is 27.8 Å². The molecule has 1 atom stereocenters. The summed E-state index contributed by atoms with van der Waals surface area (Å²) < 4.78 is 30.2. The molecule has 0 aromatic heterocycles. The first-order valence-corrected chi connectivity index (χ1v) is 7.50. The standard InChI is InChI=1S/C12H17NO3S/c1-16-12-6-4-9-7-11(13-17(2,14)15)5-3-10(9)8-12/h4,6,8,11,13H,3,5,7H2,1-2H3. The molecule has 0 spiro atoms. The van der Waals surface area contributed by atoms with Gasteiger partial charge in [0.15, 0.2) is 0 Å². The topological polar surface area (TPSA) is 55.4 Å². The molecule has 2 rings (SSSR count). The second-order valence-corrected chi connectivity index (χ2v) is 6.24. The molecule has 0 radical (unpaired) electrons. The highest BCUT2D eigenvalue weighted by molar-refractivity contribution is 7.88. The molecule has 5 heteroatoms. The quantitative estimate of drug-likeness (QED) is 0.880. The van der Waals surface area contributed by atoms with Crippen LogP contribution in [0.25, 0.3) is 0 Å². The van der Waals surface area contributed by atoms with E-state index >= 15 is 0 Å². The Hall–Kier alpha value is -1.07. The Labute approximate surface area is 102 Å². The van der Waals surface area contributed by atoms with Crippen LogP contribution in [0, 0.1) is 0 Å². The van der Waals surface area contributed by atoms with Gasteiger partial charge in [-0.25, -0.2) is 13.1 Å². The minimum absolute atomic E-state index is 0.0193. The molecule has 1 aliphatic carbocycles. The van der Waals surface area contributed by atoms with Gasteiger partial charge in [0.25, 0.3) is 0 Å². The monoisotopic (exact) mass is 255 g/mol. The van der Waals surface area contributed by atoms with E-state index in [0.29, 0.717) is 0 Å². The van der Waals surface area contributed by atoms with Crippen molar-refractivity contribution in [3.63, 3.8) is 0 Å². The van der Waals surface area contributed by atoms with E-state index in [4.69, 9.17) is 4.74 Å². The zero-order chi connectivity index (χ0) is 12.5. The highest BCUT2D eigenvalue weighted by Gasteiger charge is 2.21. The summed E-state index contributed by atoms with van der Waals surface area (Å²) in [7, 11) is -1.46. The second kappa shape index (κ2) is 4.66. The van der Waals surface area contributed by atoms with Gasteiger partial charge in [-0.2, -0.15) is 0 Å². The van der Waals surface area contributed by atoms with Gasteiger partial charge in [0.1, 0.15) is 5.75 Å². The summed E-state index contributed by atoms with van der Waals surface area (Å²) in [4.78, 5) is 0. The van der Waals surface area contributed by atoms with E-state index in [1.54, 1.807) is 7.11 Å². The van der Waals surface area contributed by atoms with Gasteiger partial charge in [0.05, 0.1) is 13.4 Å². The van der Waals surface area contributed by atoms with Crippen molar-refractivity contribution in [2.75, 3.05) is 13.4 Å². The molecule has 1 N–H and O–H groups in total. The third-order valence-corrected chi connectivity index (χ3v) is 3.78. The van der Waals surface area contributed by atoms with E-state index in [1.807, 2.05) is 18.2 Å². The smallest absolute Gasteiger partial charge is 0.208 e. The van der Waals surface area contributed by atoms with E-state index in [1.165, 1.54) is 17.4 Å². The number of nitrogens with one attached hydrogen (secondary N) is 1. The van der Waals surface area contributed by atoms with E-state index in [-0.39, 0.29) is 6.04 Å². The van der Waals surface area contributed by atoms with E-state index in [0.717, 1.165) is 25.0 Å². The lowest BCUT2D eigenvalue weighted by Gasteiger charge is -2.25. The average Bonchev–Trinajstić information content (AvgIpc) is 2.26. The summed E-state index contributed by atoms with van der Waals surface area (Å²) in [5, 5.41) is 0. The molecule has 0 fully saturated rings. The first-order chi connectivity index (χ1) is 7.98. The molecule has 0 saturated heterocycles. The zero-order valence-electron chi connectivity index (χ0n) is 10.1. The lowest BCUT2D eigenvalue weighted by molar-refractivity contribution is 0.413. The highest BCUT2D eigenvalue weighted by atomic mass is 32.2. The van der Waals surface area contributed by atoms with Gasteiger partial charge in [0.2, 0.25) is 10.0 Å². The van der Waals surface area contributed by atoms with Crippen molar-refractivity contribution >= 4 is 10.0 Å².